The van der Waals surface area contributed by atoms with Crippen molar-refractivity contribution in [3.63, 3.8) is 0 Å². The molecule has 1 aromatic rings. The van der Waals surface area contributed by atoms with Gasteiger partial charge in [-0.15, -0.1) is 18.9 Å². The maximum atomic E-state index is 11.6. The van der Waals surface area contributed by atoms with Gasteiger partial charge in [-0.05, 0) is 36.5 Å². The van der Waals surface area contributed by atoms with Crippen molar-refractivity contribution in [1.29, 1.82) is 0 Å². The van der Waals surface area contributed by atoms with Crippen molar-refractivity contribution in [2.24, 2.45) is 5.10 Å². The molecule has 0 bridgehead atoms. The summed E-state index contributed by atoms with van der Waals surface area (Å²) < 4.78 is 0. The zero-order valence-electron chi connectivity index (χ0n) is 20.3. The van der Waals surface area contributed by atoms with E-state index in [9.17, 15) is 4.79 Å². The first-order valence-corrected chi connectivity index (χ1v) is 10.7. The normalized spacial score (nSPS) is 11.6. The molecular formula is C26H37ClKN2O-. The van der Waals surface area contributed by atoms with E-state index in [0.717, 1.165) is 29.0 Å². The molecule has 0 aromatic heterocycles. The summed E-state index contributed by atoms with van der Waals surface area (Å²) in [7, 11) is 0. The fraction of sp³-hybridized carbons (Fsp3) is 0.423. The Morgan fingerprint density at radius 2 is 1.97 bits per heavy atom. The van der Waals surface area contributed by atoms with Crippen LogP contribution in [0.3, 0.4) is 0 Å². The monoisotopic (exact) mass is 467 g/mol. The van der Waals surface area contributed by atoms with Crippen LogP contribution in [0.15, 0.2) is 47.1 Å². The van der Waals surface area contributed by atoms with Crippen molar-refractivity contribution in [3.05, 3.63) is 64.7 Å². The Kier molecular flexibility index (Phi) is 27.0. The Morgan fingerprint density at radius 3 is 2.42 bits per heavy atom. The third kappa shape index (κ3) is 17.5. The van der Waals surface area contributed by atoms with E-state index < -0.39 is 0 Å². The number of aryl methyl sites for hydroxylation is 1. The minimum atomic E-state index is 0. The summed E-state index contributed by atoms with van der Waals surface area (Å²) >= 11 is 6.03. The number of nitrogens with one attached hydrogen (secondary N) is 1. The molecule has 0 saturated heterocycles. The number of carbonyl (C=O) groups excluding carboxylic acids is 1. The van der Waals surface area contributed by atoms with Crippen LogP contribution in [0, 0.1) is 26.3 Å². The molecule has 0 aliphatic carbocycles. The second kappa shape index (κ2) is 24.0. The number of hydrazone groups is 1. The molecule has 0 fully saturated rings. The number of halogens is 1. The Labute approximate surface area is 238 Å². The van der Waals surface area contributed by atoms with Crippen LogP contribution in [0.25, 0.3) is 0 Å². The molecule has 31 heavy (non-hydrogen) atoms. The molecule has 5 heteroatoms. The molecule has 166 valence electrons. The Bertz CT molecular complexity index is 709. The predicted molar refractivity (Wildman–Crippen MR) is 133 cm³/mol. The fourth-order valence-corrected chi connectivity index (χ4v) is 2.73. The Hall–Kier alpha value is -0.674. The molecule has 0 heterocycles. The van der Waals surface area contributed by atoms with E-state index in [1.54, 1.807) is 6.54 Å². The molecule has 1 atom stereocenters. The summed E-state index contributed by atoms with van der Waals surface area (Å²) in [5.41, 5.74) is 6.00. The van der Waals surface area contributed by atoms with Gasteiger partial charge in [-0.2, -0.15) is 24.6 Å². The van der Waals surface area contributed by atoms with Gasteiger partial charge in [0.2, 0.25) is 0 Å². The summed E-state index contributed by atoms with van der Waals surface area (Å²) in [5, 5.41) is 4.60. The van der Waals surface area contributed by atoms with Crippen molar-refractivity contribution in [2.75, 3.05) is 0 Å². The largest absolute Gasteiger partial charge is 1.00 e. The number of carbonyl (C=O) groups is 1. The van der Waals surface area contributed by atoms with E-state index in [2.05, 4.69) is 48.6 Å². The molecule has 1 unspecified atom stereocenters. The van der Waals surface area contributed by atoms with Crippen LogP contribution < -0.4 is 56.8 Å². The molecule has 1 rings (SSSR count). The van der Waals surface area contributed by atoms with Crippen molar-refractivity contribution in [2.45, 2.75) is 73.1 Å². The van der Waals surface area contributed by atoms with Crippen LogP contribution >= 0.6 is 11.6 Å². The zero-order chi connectivity index (χ0) is 23.4. The standard InChI is InChI=1S/C15H21ClO.C9H14N2.C2H2.K/c1-4-6-12(10-14(17)5-2)13-7-8-15(16)11(3)9-13;1-4-7-9(5-2)8-11-10-6-3;1-2;/h7-9,12H,4-6,10H2,1-3H3;4-7,10H,1-3H3;1-2H;/q;-2;;+1/b;7-4-,9-5+;;. The SMILES string of the molecule is C#C.C/C=C\C([C-]=NN[CH-]C)=C/C.CCCC(CC(=O)CC)c1ccc(Cl)c(C)c1.[K+]. The van der Waals surface area contributed by atoms with Crippen LogP contribution in [-0.2, 0) is 4.79 Å². The number of benzene rings is 1. The first kappa shape index (κ1) is 34.9. The van der Waals surface area contributed by atoms with E-state index in [4.69, 9.17) is 11.6 Å². The number of hydrogen-bond acceptors (Lipinski definition) is 3. The summed E-state index contributed by atoms with van der Waals surface area (Å²) in [6, 6.07) is 6.11. The van der Waals surface area contributed by atoms with Crippen LogP contribution in [0.4, 0.5) is 0 Å². The van der Waals surface area contributed by atoms with Crippen LogP contribution in [-0.4, -0.2) is 12.0 Å². The second-order valence-electron chi connectivity index (χ2n) is 6.48. The number of allylic oxidation sites excluding steroid dienone is 4. The number of hydrogen-bond donors (Lipinski definition) is 1. The summed E-state index contributed by atoms with van der Waals surface area (Å²) in [6.45, 7) is 13.6. The molecule has 1 aromatic carbocycles. The van der Waals surface area contributed by atoms with E-state index in [1.165, 1.54) is 5.56 Å². The second-order valence-corrected chi connectivity index (χ2v) is 6.88. The third-order valence-electron chi connectivity index (χ3n) is 4.19. The molecule has 0 saturated carbocycles. The van der Waals surface area contributed by atoms with E-state index in [1.807, 2.05) is 58.9 Å². The van der Waals surface area contributed by atoms with Crippen LogP contribution in [0.5, 0.6) is 0 Å². The first-order chi connectivity index (χ1) is 14.4. The third-order valence-corrected chi connectivity index (χ3v) is 4.62. The minimum Gasteiger partial charge on any atom is -0.469 e. The topological polar surface area (TPSA) is 41.5 Å². The van der Waals surface area contributed by atoms with E-state index in [0.29, 0.717) is 24.5 Å². The summed E-state index contributed by atoms with van der Waals surface area (Å²) in [4.78, 5) is 11.6. The molecular weight excluding hydrogens is 431 g/mol. The number of ketones is 1. The fourth-order valence-electron chi connectivity index (χ4n) is 2.62. The van der Waals surface area contributed by atoms with Gasteiger partial charge < -0.3 is 5.43 Å². The number of nitrogens with zero attached hydrogens (tertiary/aromatic N) is 1. The maximum absolute atomic E-state index is 11.6. The number of rotatable bonds is 10. The molecule has 1 N–H and O–H groups in total. The molecule has 0 aliphatic heterocycles. The smallest absolute Gasteiger partial charge is 0.469 e. The maximum Gasteiger partial charge on any atom is 1.00 e. The Balaban J connectivity index is -0.000000490. The average molecular weight is 468 g/mol. The van der Waals surface area contributed by atoms with E-state index in [-0.39, 0.29) is 51.4 Å². The molecule has 0 spiro atoms. The van der Waals surface area contributed by atoms with Gasteiger partial charge in [0.05, 0.1) is 0 Å². The van der Waals surface area contributed by atoms with Gasteiger partial charge in [0.15, 0.2) is 0 Å². The molecule has 3 nitrogen and oxygen atoms in total. The van der Waals surface area contributed by atoms with Crippen molar-refractivity contribution < 1.29 is 56.2 Å². The molecule has 0 amide bonds. The zero-order valence-corrected chi connectivity index (χ0v) is 24.2. The quantitative estimate of drug-likeness (QED) is 0.139. The van der Waals surface area contributed by atoms with Gasteiger partial charge in [0.25, 0.3) is 0 Å². The van der Waals surface area contributed by atoms with Gasteiger partial charge in [-0.25, -0.2) is 6.54 Å². The Morgan fingerprint density at radius 1 is 1.32 bits per heavy atom. The van der Waals surface area contributed by atoms with Gasteiger partial charge >= 0.3 is 51.4 Å². The predicted octanol–water partition coefficient (Wildman–Crippen LogP) is 4.30. The van der Waals surface area contributed by atoms with Gasteiger partial charge in [0, 0.05) is 17.9 Å². The molecule has 0 radical (unpaired) electrons. The van der Waals surface area contributed by atoms with Crippen molar-refractivity contribution >= 4 is 23.6 Å². The molecule has 0 aliphatic rings. The minimum absolute atomic E-state index is 0. The number of terminal acetylenes is 1. The summed E-state index contributed by atoms with van der Waals surface area (Å²) in [6.07, 6.45) is 20.1. The van der Waals surface area contributed by atoms with Gasteiger partial charge in [-0.3, -0.25) is 9.90 Å². The average Bonchev–Trinajstić information content (AvgIpc) is 2.76. The number of Topliss-reactive ketones (excluding diaryl/α,β-unsaturated/α-hetero) is 1. The van der Waals surface area contributed by atoms with Crippen molar-refractivity contribution in [1.82, 2.24) is 5.43 Å². The van der Waals surface area contributed by atoms with Crippen LogP contribution in [0.1, 0.15) is 77.3 Å². The van der Waals surface area contributed by atoms with Crippen LogP contribution in [0.2, 0.25) is 5.02 Å². The van der Waals surface area contributed by atoms with E-state index >= 15 is 0 Å². The summed E-state index contributed by atoms with van der Waals surface area (Å²) in [5.74, 6) is 0.694. The van der Waals surface area contributed by atoms with Gasteiger partial charge in [-0.1, -0.05) is 64.1 Å². The van der Waals surface area contributed by atoms with Crippen molar-refractivity contribution in [3.8, 4) is 12.8 Å². The first-order valence-electron chi connectivity index (χ1n) is 10.3. The van der Waals surface area contributed by atoms with Gasteiger partial charge in [0.1, 0.15) is 5.78 Å².